The van der Waals surface area contributed by atoms with E-state index < -0.39 is 0 Å². The van der Waals surface area contributed by atoms with Crippen LogP contribution in [0.25, 0.3) is 0 Å². The van der Waals surface area contributed by atoms with Crippen LogP contribution in [0.15, 0.2) is 41.2 Å². The van der Waals surface area contributed by atoms with Crippen LogP contribution in [-0.2, 0) is 6.54 Å². The van der Waals surface area contributed by atoms with Gasteiger partial charge in [0.15, 0.2) is 0 Å². The number of H-pyrrole nitrogens is 1. The number of nitrogens with one attached hydrogen (secondary N) is 3. The second-order valence-corrected chi connectivity index (χ2v) is 3.99. The minimum atomic E-state index is -0.363. The van der Waals surface area contributed by atoms with Crippen molar-refractivity contribution in [1.82, 2.24) is 15.5 Å². The second-order valence-electron chi connectivity index (χ2n) is 3.99. The van der Waals surface area contributed by atoms with E-state index in [9.17, 15) is 9.59 Å². The summed E-state index contributed by atoms with van der Waals surface area (Å²) in [7, 11) is 1.86. The van der Waals surface area contributed by atoms with Gasteiger partial charge in [0.1, 0.15) is 5.69 Å². The first-order valence-electron chi connectivity index (χ1n) is 5.79. The topological polar surface area (TPSA) is 86.9 Å². The molecule has 0 saturated carbocycles. The van der Waals surface area contributed by atoms with Gasteiger partial charge in [0.2, 0.25) is 0 Å². The lowest BCUT2D eigenvalue weighted by molar-refractivity contribution is 0.102. The van der Waals surface area contributed by atoms with Crippen molar-refractivity contribution < 1.29 is 4.79 Å². The third kappa shape index (κ3) is 3.49. The van der Waals surface area contributed by atoms with Gasteiger partial charge in [-0.05, 0) is 30.8 Å². The lowest BCUT2D eigenvalue weighted by atomic mass is 10.2. The lowest BCUT2D eigenvalue weighted by Gasteiger charge is -2.06. The predicted octanol–water partition coefficient (Wildman–Crippen LogP) is 0.742. The third-order valence-electron chi connectivity index (χ3n) is 2.48. The van der Waals surface area contributed by atoms with Crippen LogP contribution in [0.4, 0.5) is 5.69 Å². The number of aromatic nitrogens is 2. The molecule has 2 aromatic rings. The average Bonchev–Trinajstić information content (AvgIpc) is 2.40. The maximum Gasteiger partial charge on any atom is 0.276 e. The van der Waals surface area contributed by atoms with E-state index in [0.717, 1.165) is 12.1 Å². The fourth-order valence-electron chi connectivity index (χ4n) is 1.63. The summed E-state index contributed by atoms with van der Waals surface area (Å²) in [6.07, 6.45) is 0. The smallest absolute Gasteiger partial charge is 0.276 e. The molecule has 0 radical (unpaired) electrons. The van der Waals surface area contributed by atoms with Crippen molar-refractivity contribution in [2.45, 2.75) is 6.54 Å². The molecule has 0 saturated heterocycles. The lowest BCUT2D eigenvalue weighted by Crippen LogP contribution is -2.17. The zero-order valence-electron chi connectivity index (χ0n) is 10.4. The maximum absolute atomic E-state index is 11.9. The first-order chi connectivity index (χ1) is 9.19. The molecule has 0 aliphatic heterocycles. The van der Waals surface area contributed by atoms with Crippen LogP contribution in [0.2, 0.25) is 0 Å². The first-order valence-corrected chi connectivity index (χ1v) is 5.79. The third-order valence-corrected chi connectivity index (χ3v) is 2.48. The van der Waals surface area contributed by atoms with Crippen LogP contribution in [0.3, 0.4) is 0 Å². The molecule has 0 unspecified atom stereocenters. The van der Waals surface area contributed by atoms with Crippen molar-refractivity contribution in [3.63, 3.8) is 0 Å². The van der Waals surface area contributed by atoms with Gasteiger partial charge in [-0.3, -0.25) is 9.59 Å². The number of hydrogen-bond donors (Lipinski definition) is 3. The van der Waals surface area contributed by atoms with Crippen LogP contribution in [0, 0.1) is 0 Å². The highest BCUT2D eigenvalue weighted by molar-refractivity contribution is 6.02. The molecule has 0 aliphatic carbocycles. The van der Waals surface area contributed by atoms with E-state index in [2.05, 4.69) is 20.8 Å². The Morgan fingerprint density at radius 1 is 1.32 bits per heavy atom. The van der Waals surface area contributed by atoms with E-state index in [-0.39, 0.29) is 17.2 Å². The predicted molar refractivity (Wildman–Crippen MR) is 72.0 cm³/mol. The Balaban J connectivity index is 2.12. The van der Waals surface area contributed by atoms with E-state index >= 15 is 0 Å². The van der Waals surface area contributed by atoms with Gasteiger partial charge < -0.3 is 10.6 Å². The summed E-state index contributed by atoms with van der Waals surface area (Å²) < 4.78 is 0. The number of benzene rings is 1. The van der Waals surface area contributed by atoms with Gasteiger partial charge in [-0.25, -0.2) is 5.10 Å². The summed E-state index contributed by atoms with van der Waals surface area (Å²) in [4.78, 5) is 22.7. The zero-order chi connectivity index (χ0) is 13.7. The first kappa shape index (κ1) is 13.0. The molecule has 0 bridgehead atoms. The average molecular weight is 258 g/mol. The standard InChI is InChI=1S/C13H14N4O2/c1-14-8-9-3-2-4-10(7-9)15-13(19)11-5-6-12(18)17-16-11/h2-7,14H,8H2,1H3,(H,15,19)(H,17,18). The van der Waals surface area contributed by atoms with Crippen molar-refractivity contribution in [1.29, 1.82) is 0 Å². The molecular weight excluding hydrogens is 244 g/mol. The Bertz CT molecular complexity index is 616. The molecule has 1 aromatic heterocycles. The molecule has 0 aliphatic rings. The van der Waals surface area contributed by atoms with Crippen LogP contribution < -0.4 is 16.2 Å². The maximum atomic E-state index is 11.9. The number of aromatic amines is 1. The van der Waals surface area contributed by atoms with Gasteiger partial charge in [0.25, 0.3) is 11.5 Å². The van der Waals surface area contributed by atoms with Gasteiger partial charge in [-0.15, -0.1) is 0 Å². The van der Waals surface area contributed by atoms with Gasteiger partial charge in [-0.1, -0.05) is 12.1 Å². The molecule has 0 spiro atoms. The van der Waals surface area contributed by atoms with E-state index in [1.807, 2.05) is 25.2 Å². The van der Waals surface area contributed by atoms with Gasteiger partial charge in [-0.2, -0.15) is 5.10 Å². The van der Waals surface area contributed by atoms with Gasteiger partial charge >= 0.3 is 0 Å². The van der Waals surface area contributed by atoms with Crippen LogP contribution in [0.1, 0.15) is 16.1 Å². The molecule has 0 atom stereocenters. The molecule has 1 amide bonds. The van der Waals surface area contributed by atoms with Crippen molar-refractivity contribution in [3.8, 4) is 0 Å². The van der Waals surface area contributed by atoms with E-state index in [4.69, 9.17) is 0 Å². The summed E-state index contributed by atoms with van der Waals surface area (Å²) in [5, 5.41) is 11.7. The second kappa shape index (κ2) is 5.92. The molecule has 1 heterocycles. The Kier molecular flexibility index (Phi) is 4.04. The quantitative estimate of drug-likeness (QED) is 0.755. The normalized spacial score (nSPS) is 10.2. The molecule has 6 nitrogen and oxygen atoms in total. The number of carbonyl (C=O) groups excluding carboxylic acids is 1. The highest BCUT2D eigenvalue weighted by Gasteiger charge is 2.07. The SMILES string of the molecule is CNCc1cccc(NC(=O)c2ccc(=O)[nH]n2)c1. The summed E-state index contributed by atoms with van der Waals surface area (Å²) in [5.41, 5.74) is 1.58. The van der Waals surface area contributed by atoms with Crippen molar-refractivity contribution in [3.05, 3.63) is 58.0 Å². The number of anilines is 1. The molecule has 2 rings (SSSR count). The van der Waals surface area contributed by atoms with Gasteiger partial charge in [0, 0.05) is 18.3 Å². The fourth-order valence-corrected chi connectivity index (χ4v) is 1.63. The summed E-state index contributed by atoms with van der Waals surface area (Å²) in [5.74, 6) is -0.363. The van der Waals surface area contributed by atoms with E-state index in [1.54, 1.807) is 6.07 Å². The van der Waals surface area contributed by atoms with E-state index in [0.29, 0.717) is 5.69 Å². The number of hydrogen-bond acceptors (Lipinski definition) is 4. The Morgan fingerprint density at radius 3 is 2.84 bits per heavy atom. The summed E-state index contributed by atoms with van der Waals surface area (Å²) in [6.45, 7) is 0.723. The van der Waals surface area contributed by atoms with Crippen molar-refractivity contribution in [2.75, 3.05) is 12.4 Å². The van der Waals surface area contributed by atoms with E-state index in [1.165, 1.54) is 12.1 Å². The fraction of sp³-hybridized carbons (Fsp3) is 0.154. The monoisotopic (exact) mass is 258 g/mol. The minimum absolute atomic E-state index is 0.165. The Morgan fingerprint density at radius 2 is 2.16 bits per heavy atom. The highest BCUT2D eigenvalue weighted by Crippen LogP contribution is 2.11. The number of amides is 1. The molecule has 0 fully saturated rings. The minimum Gasteiger partial charge on any atom is -0.321 e. The largest absolute Gasteiger partial charge is 0.321 e. The molecule has 19 heavy (non-hydrogen) atoms. The molecule has 1 aromatic carbocycles. The Hall–Kier alpha value is -2.47. The van der Waals surface area contributed by atoms with Crippen LogP contribution in [-0.4, -0.2) is 23.2 Å². The molecular formula is C13H14N4O2. The van der Waals surface area contributed by atoms with Crippen LogP contribution in [0.5, 0.6) is 0 Å². The van der Waals surface area contributed by atoms with Crippen molar-refractivity contribution >= 4 is 11.6 Å². The zero-order valence-corrected chi connectivity index (χ0v) is 10.4. The summed E-state index contributed by atoms with van der Waals surface area (Å²) in [6, 6.07) is 10.1. The molecule has 6 heteroatoms. The number of rotatable bonds is 4. The number of nitrogens with zero attached hydrogens (tertiary/aromatic N) is 1. The van der Waals surface area contributed by atoms with Crippen molar-refractivity contribution in [2.24, 2.45) is 0 Å². The molecule has 98 valence electrons. The Labute approximate surface area is 109 Å². The van der Waals surface area contributed by atoms with Gasteiger partial charge in [0.05, 0.1) is 0 Å². The summed E-state index contributed by atoms with van der Waals surface area (Å²) >= 11 is 0. The highest BCUT2D eigenvalue weighted by atomic mass is 16.2. The molecule has 3 N–H and O–H groups in total. The van der Waals surface area contributed by atoms with Crippen LogP contribution >= 0.6 is 0 Å². The number of carbonyl (C=O) groups is 1.